The first-order valence-electron chi connectivity index (χ1n) is 10.9. The first-order valence-corrected chi connectivity index (χ1v) is 12.1. The number of nitrogens with zero attached hydrogens (tertiary/aromatic N) is 1. The van der Waals surface area contributed by atoms with E-state index in [9.17, 15) is 31.9 Å². The van der Waals surface area contributed by atoms with Crippen LogP contribution in [0, 0.1) is 5.82 Å². The van der Waals surface area contributed by atoms with E-state index < -0.39 is 46.7 Å². The summed E-state index contributed by atoms with van der Waals surface area (Å²) in [5.41, 5.74) is -1.29. The lowest BCUT2D eigenvalue weighted by Crippen LogP contribution is -2.54. The number of amides is 4. The number of hydrogen-bond donors (Lipinski definition) is 1. The lowest BCUT2D eigenvalue weighted by molar-refractivity contribution is -0.137. The van der Waals surface area contributed by atoms with E-state index in [4.69, 9.17) is 21.1 Å². The van der Waals surface area contributed by atoms with Crippen molar-refractivity contribution < 1.29 is 41.4 Å². The number of methoxy groups -OCH3 is 1. The summed E-state index contributed by atoms with van der Waals surface area (Å²) in [4.78, 5) is 38.6. The summed E-state index contributed by atoms with van der Waals surface area (Å²) < 4.78 is 64.4. The number of urea groups is 1. The maximum Gasteiger partial charge on any atom is 0.416 e. The van der Waals surface area contributed by atoms with Gasteiger partial charge in [-0.3, -0.25) is 14.9 Å². The number of carbonyl (C=O) groups excluding carboxylic acids is 3. The third kappa shape index (κ3) is 6.07. The molecule has 1 N–H and O–H groups in total. The van der Waals surface area contributed by atoms with Gasteiger partial charge in [-0.15, -0.1) is 0 Å². The zero-order valence-corrected chi connectivity index (χ0v) is 22.1. The molecule has 0 atom stereocenters. The van der Waals surface area contributed by atoms with Crippen molar-refractivity contribution >= 4 is 57.1 Å². The standard InChI is InChI=1S/C26H16BrClF4N2O5/c1-38-21-10-14(9-18(27)22(21)39-12-13-2-5-16(29)6-3-13)8-17-23(35)33-25(37)34(24(17)36)20-11-15(26(30,31)32)4-7-19(20)28/h2-11H,12H2,1H3,(H,33,35,37)/b17-8+. The summed E-state index contributed by atoms with van der Waals surface area (Å²) >= 11 is 9.36. The molecule has 0 bridgehead atoms. The van der Waals surface area contributed by atoms with Crippen LogP contribution in [-0.4, -0.2) is 25.0 Å². The number of nitrogens with one attached hydrogen (secondary N) is 1. The molecule has 3 aromatic rings. The van der Waals surface area contributed by atoms with Crippen molar-refractivity contribution in [3.8, 4) is 11.5 Å². The molecule has 0 saturated carbocycles. The fourth-order valence-corrected chi connectivity index (χ4v) is 4.38. The highest BCUT2D eigenvalue weighted by molar-refractivity contribution is 9.10. The molecule has 1 saturated heterocycles. The van der Waals surface area contributed by atoms with E-state index in [0.29, 0.717) is 27.1 Å². The van der Waals surface area contributed by atoms with Gasteiger partial charge in [0.25, 0.3) is 11.8 Å². The quantitative estimate of drug-likeness (QED) is 0.191. The average Bonchev–Trinajstić information content (AvgIpc) is 2.87. The first kappa shape index (κ1) is 28.1. The molecule has 0 aromatic heterocycles. The van der Waals surface area contributed by atoms with Crippen LogP contribution in [-0.2, 0) is 22.4 Å². The minimum absolute atomic E-state index is 0.0748. The second-order valence-corrected chi connectivity index (χ2v) is 9.33. The maximum atomic E-state index is 13.2. The fraction of sp³-hybridized carbons (Fsp3) is 0.115. The molecule has 4 rings (SSSR count). The van der Waals surface area contributed by atoms with Gasteiger partial charge in [-0.2, -0.15) is 13.2 Å². The van der Waals surface area contributed by atoms with E-state index in [-0.39, 0.29) is 28.7 Å². The highest BCUT2D eigenvalue weighted by Crippen LogP contribution is 2.39. The third-order valence-electron chi connectivity index (χ3n) is 5.48. The molecule has 4 amide bonds. The Morgan fingerprint density at radius 1 is 1.05 bits per heavy atom. The van der Waals surface area contributed by atoms with Crippen LogP contribution in [0.4, 0.5) is 28.0 Å². The Labute approximate surface area is 232 Å². The van der Waals surface area contributed by atoms with Crippen LogP contribution >= 0.6 is 27.5 Å². The number of anilines is 1. The number of rotatable bonds is 6. The van der Waals surface area contributed by atoms with Gasteiger partial charge in [0.1, 0.15) is 18.0 Å². The van der Waals surface area contributed by atoms with Crippen molar-refractivity contribution in [2.75, 3.05) is 12.0 Å². The number of halogens is 6. The van der Waals surface area contributed by atoms with Gasteiger partial charge >= 0.3 is 12.2 Å². The first-order chi connectivity index (χ1) is 18.4. The fourth-order valence-electron chi connectivity index (χ4n) is 3.60. The van der Waals surface area contributed by atoms with Crippen molar-refractivity contribution in [1.82, 2.24) is 5.32 Å². The Hall–Kier alpha value is -3.90. The van der Waals surface area contributed by atoms with Crippen LogP contribution in [0.1, 0.15) is 16.7 Å². The van der Waals surface area contributed by atoms with Crippen LogP contribution in [0.3, 0.4) is 0 Å². The summed E-state index contributed by atoms with van der Waals surface area (Å²) in [7, 11) is 1.36. The van der Waals surface area contributed by atoms with E-state index in [1.54, 1.807) is 12.1 Å². The van der Waals surface area contributed by atoms with Gasteiger partial charge in [-0.25, -0.2) is 14.1 Å². The number of alkyl halides is 3. The van der Waals surface area contributed by atoms with Crippen molar-refractivity contribution in [2.24, 2.45) is 0 Å². The third-order valence-corrected chi connectivity index (χ3v) is 6.38. The molecule has 1 aliphatic rings. The summed E-state index contributed by atoms with van der Waals surface area (Å²) in [5.74, 6) is -2.16. The van der Waals surface area contributed by atoms with Crippen LogP contribution in [0.5, 0.6) is 11.5 Å². The molecule has 202 valence electrons. The van der Waals surface area contributed by atoms with Crippen molar-refractivity contribution in [1.29, 1.82) is 0 Å². The zero-order chi connectivity index (χ0) is 28.5. The normalized spacial score (nSPS) is 15.0. The molecule has 1 aliphatic heterocycles. The molecule has 13 heteroatoms. The molecule has 0 spiro atoms. The lowest BCUT2D eigenvalue weighted by Gasteiger charge is -2.27. The molecule has 0 radical (unpaired) electrons. The molecule has 39 heavy (non-hydrogen) atoms. The minimum atomic E-state index is -4.77. The molecule has 7 nitrogen and oxygen atoms in total. The molecule has 0 unspecified atom stereocenters. The van der Waals surface area contributed by atoms with E-state index in [1.165, 1.54) is 31.4 Å². The SMILES string of the molecule is COc1cc(/C=C2\C(=O)NC(=O)N(c3cc(C(F)(F)F)ccc3Cl)C2=O)cc(Br)c1OCc1ccc(F)cc1. The smallest absolute Gasteiger partial charge is 0.416 e. The predicted molar refractivity (Wildman–Crippen MR) is 137 cm³/mol. The largest absolute Gasteiger partial charge is 0.493 e. The molecule has 0 aliphatic carbocycles. The second-order valence-electron chi connectivity index (χ2n) is 8.07. The summed E-state index contributed by atoms with van der Waals surface area (Å²) in [6.07, 6.45) is -3.64. The number of imide groups is 2. The lowest BCUT2D eigenvalue weighted by atomic mass is 10.1. The Kier molecular flexibility index (Phi) is 7.98. The van der Waals surface area contributed by atoms with Gasteiger partial charge in [0.15, 0.2) is 11.5 Å². The van der Waals surface area contributed by atoms with Gasteiger partial charge in [0, 0.05) is 0 Å². The Morgan fingerprint density at radius 2 is 1.74 bits per heavy atom. The van der Waals surface area contributed by atoms with Crippen molar-refractivity contribution in [3.05, 3.63) is 92.2 Å². The summed E-state index contributed by atoms with van der Waals surface area (Å²) in [5, 5.41) is 1.62. The molecule has 1 heterocycles. The van der Waals surface area contributed by atoms with Gasteiger partial charge in [-0.1, -0.05) is 23.7 Å². The molecular weight excluding hydrogens is 612 g/mol. The maximum absolute atomic E-state index is 13.2. The van der Waals surface area contributed by atoms with Gasteiger partial charge in [0.2, 0.25) is 0 Å². The van der Waals surface area contributed by atoms with Crippen molar-refractivity contribution in [2.45, 2.75) is 12.8 Å². The van der Waals surface area contributed by atoms with Gasteiger partial charge in [0.05, 0.1) is 27.9 Å². The summed E-state index contributed by atoms with van der Waals surface area (Å²) in [6.45, 7) is 0.0748. The van der Waals surface area contributed by atoms with Crippen molar-refractivity contribution in [3.63, 3.8) is 0 Å². The van der Waals surface area contributed by atoms with E-state index in [2.05, 4.69) is 15.9 Å². The van der Waals surface area contributed by atoms with Crippen LogP contribution in [0.15, 0.2) is 64.6 Å². The van der Waals surface area contributed by atoms with E-state index in [0.717, 1.165) is 12.1 Å². The van der Waals surface area contributed by atoms with Gasteiger partial charge in [-0.05, 0) is 75.6 Å². The Morgan fingerprint density at radius 3 is 2.38 bits per heavy atom. The highest BCUT2D eigenvalue weighted by Gasteiger charge is 2.39. The topological polar surface area (TPSA) is 84.9 Å². The number of barbiturate groups is 1. The zero-order valence-electron chi connectivity index (χ0n) is 19.7. The van der Waals surface area contributed by atoms with Crippen LogP contribution in [0.2, 0.25) is 5.02 Å². The monoisotopic (exact) mass is 626 g/mol. The average molecular weight is 628 g/mol. The molecule has 1 fully saturated rings. The van der Waals surface area contributed by atoms with E-state index >= 15 is 0 Å². The number of carbonyl (C=O) groups is 3. The predicted octanol–water partition coefficient (Wildman–Crippen LogP) is 6.51. The summed E-state index contributed by atoms with van der Waals surface area (Å²) in [6, 6.07) is 9.48. The number of hydrogen-bond acceptors (Lipinski definition) is 5. The number of benzene rings is 3. The molecule has 3 aromatic carbocycles. The number of ether oxygens (including phenoxy) is 2. The Balaban J connectivity index is 1.67. The van der Waals surface area contributed by atoms with Gasteiger partial charge < -0.3 is 9.47 Å². The van der Waals surface area contributed by atoms with E-state index in [1.807, 2.05) is 5.32 Å². The van der Waals surface area contributed by atoms with Crippen LogP contribution in [0.25, 0.3) is 6.08 Å². The minimum Gasteiger partial charge on any atom is -0.493 e. The second kappa shape index (κ2) is 11.1. The Bertz CT molecular complexity index is 1510. The molecular formula is C26H16BrClF4N2O5. The van der Waals surface area contributed by atoms with Crippen LogP contribution < -0.4 is 19.7 Å². The highest BCUT2D eigenvalue weighted by atomic mass is 79.9.